The quantitative estimate of drug-likeness (QED) is 0.118. The summed E-state index contributed by atoms with van der Waals surface area (Å²) in [5.41, 5.74) is 11.7. The minimum Gasteiger partial charge on any atom is -0.255 e. The molecular formula is C37H48Cl4Cu2N4. The van der Waals surface area contributed by atoms with E-state index in [2.05, 4.69) is 89.6 Å². The number of aliphatic imine (C=N–C) groups is 2. The first kappa shape index (κ1) is 49.7. The topological polar surface area (TPSA) is 50.5 Å². The fourth-order valence-electron chi connectivity index (χ4n) is 5.15. The first-order chi connectivity index (χ1) is 19.6. The van der Waals surface area contributed by atoms with E-state index < -0.39 is 0 Å². The summed E-state index contributed by atoms with van der Waals surface area (Å²) in [6.45, 7) is 18.0. The maximum Gasteiger partial charge on any atom is 0.0812 e. The predicted molar refractivity (Wildman–Crippen MR) is 204 cm³/mol. The molecule has 0 aliphatic carbocycles. The zero-order valence-electron chi connectivity index (χ0n) is 28.1. The van der Waals surface area contributed by atoms with Gasteiger partial charge in [-0.1, -0.05) is 91.8 Å². The molecule has 2 aromatic carbocycles. The van der Waals surface area contributed by atoms with E-state index in [4.69, 9.17) is 9.98 Å². The molecule has 10 heteroatoms. The van der Waals surface area contributed by atoms with Gasteiger partial charge in [0.05, 0.1) is 35.2 Å². The van der Waals surface area contributed by atoms with Gasteiger partial charge < -0.3 is 0 Å². The Morgan fingerprint density at radius 1 is 0.511 bits per heavy atom. The van der Waals surface area contributed by atoms with Crippen LogP contribution >= 0.6 is 49.6 Å². The van der Waals surface area contributed by atoms with Crippen molar-refractivity contribution in [1.82, 2.24) is 9.97 Å². The molecule has 0 unspecified atom stereocenters. The van der Waals surface area contributed by atoms with E-state index in [9.17, 15) is 0 Å². The second-order valence-corrected chi connectivity index (χ2v) is 12.1. The summed E-state index contributed by atoms with van der Waals surface area (Å²) in [5.74, 6) is 1.40. The van der Waals surface area contributed by atoms with Crippen LogP contribution in [0.5, 0.6) is 0 Å². The number of halogens is 4. The molecule has 0 bridgehead atoms. The van der Waals surface area contributed by atoms with Crippen molar-refractivity contribution in [1.29, 1.82) is 0 Å². The average Bonchev–Trinajstić information content (AvgIpc) is 2.95. The number of pyridine rings is 2. The smallest absolute Gasteiger partial charge is 0.0812 e. The largest absolute Gasteiger partial charge is 0.255 e. The van der Waals surface area contributed by atoms with E-state index in [0.29, 0.717) is 23.7 Å². The Morgan fingerprint density at radius 2 is 0.809 bits per heavy atom. The normalized spacial score (nSPS) is 10.6. The fraction of sp³-hybridized carbons (Fsp3) is 0.351. The molecule has 0 aliphatic heterocycles. The van der Waals surface area contributed by atoms with Crippen LogP contribution in [-0.2, 0) is 40.6 Å². The third-order valence-electron chi connectivity index (χ3n) is 7.38. The fourth-order valence-corrected chi connectivity index (χ4v) is 5.15. The molecule has 0 aliphatic rings. The minimum atomic E-state index is 0. The number of nitrogens with zero attached hydrogens (tertiary/aromatic N) is 4. The molecule has 0 amide bonds. The molecule has 0 fully saturated rings. The third-order valence-corrected chi connectivity index (χ3v) is 7.38. The number of hydrogen-bond donors (Lipinski definition) is 0. The second kappa shape index (κ2) is 23.6. The van der Waals surface area contributed by atoms with Crippen LogP contribution in [0.3, 0.4) is 0 Å². The Hall–Kier alpha value is -1.72. The van der Waals surface area contributed by atoms with Gasteiger partial charge in [0.25, 0.3) is 0 Å². The molecule has 4 aromatic rings. The van der Waals surface area contributed by atoms with Gasteiger partial charge in [-0.15, -0.1) is 49.6 Å². The van der Waals surface area contributed by atoms with Crippen LogP contribution in [0.1, 0.15) is 124 Å². The first-order valence-corrected chi connectivity index (χ1v) is 14.9. The number of rotatable bonds is 10. The monoisotopic (exact) mass is 814 g/mol. The molecule has 0 N–H and O–H groups in total. The maximum absolute atomic E-state index is 4.99. The van der Waals surface area contributed by atoms with Crippen molar-refractivity contribution in [3.05, 3.63) is 118 Å². The molecule has 0 atom stereocenters. The van der Waals surface area contributed by atoms with Gasteiger partial charge in [-0.3, -0.25) is 20.0 Å². The maximum atomic E-state index is 4.99. The standard InChI is InChI=1S/C37H44N4.4ClH.2Cu/c1-24(2)32-18-28(19-33(25(3)4)36(32)40-22-30-13-9-11-15-38-30)17-29-20-34(26(5)6)37(35(21-29)27(7)8)41-23-31-14-10-12-16-39-31;;;;;;/h9-16,18-27H,17H2,1-8H3;4*1H;;. The Balaban J connectivity index is -0.00000323. The van der Waals surface area contributed by atoms with Gasteiger partial charge in [0, 0.05) is 46.5 Å². The molecule has 0 saturated carbocycles. The Morgan fingerprint density at radius 3 is 1.04 bits per heavy atom. The van der Waals surface area contributed by atoms with E-state index in [1.165, 1.54) is 33.4 Å². The number of hydrogen-bond acceptors (Lipinski definition) is 4. The van der Waals surface area contributed by atoms with E-state index in [1.54, 1.807) is 0 Å². The summed E-state index contributed by atoms with van der Waals surface area (Å²) in [6, 6.07) is 21.3. The zero-order chi connectivity index (χ0) is 29.5. The summed E-state index contributed by atoms with van der Waals surface area (Å²) in [6.07, 6.45) is 8.27. The van der Waals surface area contributed by atoms with Crippen LogP contribution in [0.4, 0.5) is 11.4 Å². The Bertz CT molecular complexity index is 1360. The summed E-state index contributed by atoms with van der Waals surface area (Å²) in [5, 5.41) is 0. The van der Waals surface area contributed by atoms with Crippen LogP contribution in [0, 0.1) is 0 Å². The van der Waals surface area contributed by atoms with Crippen molar-refractivity contribution >= 4 is 73.4 Å². The SMILES string of the molecule is CC(C)c1cc(Cc2cc(C(C)C)c(N=Cc3ccccn3)c(C(C)C)c2)cc(C(C)C)c1N=Cc1ccccn1.Cl.Cl.Cl.Cl.[Cu].[Cu]. The van der Waals surface area contributed by atoms with Crippen LogP contribution < -0.4 is 0 Å². The van der Waals surface area contributed by atoms with Gasteiger partial charge in [0.2, 0.25) is 0 Å². The summed E-state index contributed by atoms with van der Waals surface area (Å²) in [7, 11) is 0. The van der Waals surface area contributed by atoms with E-state index in [1.807, 2.05) is 61.2 Å². The second-order valence-electron chi connectivity index (χ2n) is 12.1. The molecule has 4 nitrogen and oxygen atoms in total. The summed E-state index contributed by atoms with van der Waals surface area (Å²) in [4.78, 5) is 18.9. The average molecular weight is 818 g/mol. The molecular weight excluding hydrogens is 769 g/mol. The molecule has 0 spiro atoms. The van der Waals surface area contributed by atoms with Crippen molar-refractivity contribution in [2.24, 2.45) is 9.98 Å². The molecule has 2 heterocycles. The van der Waals surface area contributed by atoms with Gasteiger partial charge in [0.1, 0.15) is 0 Å². The van der Waals surface area contributed by atoms with Crippen molar-refractivity contribution in [2.75, 3.05) is 0 Å². The molecule has 2 radical (unpaired) electrons. The van der Waals surface area contributed by atoms with Gasteiger partial charge in [-0.2, -0.15) is 0 Å². The van der Waals surface area contributed by atoms with Crippen molar-refractivity contribution in [2.45, 2.75) is 85.5 Å². The first-order valence-electron chi connectivity index (χ1n) is 14.9. The Kier molecular flexibility index (Phi) is 24.9. The molecule has 4 rings (SSSR count). The van der Waals surface area contributed by atoms with Gasteiger partial charge in [-0.05, 0) is 87.7 Å². The van der Waals surface area contributed by atoms with Crippen molar-refractivity contribution in [3.8, 4) is 0 Å². The van der Waals surface area contributed by atoms with Crippen LogP contribution in [-0.4, -0.2) is 22.4 Å². The third kappa shape index (κ3) is 13.6. The summed E-state index contributed by atoms with van der Waals surface area (Å²) >= 11 is 0. The van der Waals surface area contributed by atoms with Crippen LogP contribution in [0.2, 0.25) is 0 Å². The van der Waals surface area contributed by atoms with E-state index in [-0.39, 0.29) is 83.8 Å². The van der Waals surface area contributed by atoms with E-state index >= 15 is 0 Å². The number of aromatic nitrogens is 2. The van der Waals surface area contributed by atoms with E-state index in [0.717, 1.165) is 29.2 Å². The van der Waals surface area contributed by atoms with Crippen LogP contribution in [0.25, 0.3) is 0 Å². The van der Waals surface area contributed by atoms with Crippen molar-refractivity contribution in [3.63, 3.8) is 0 Å². The molecule has 266 valence electrons. The zero-order valence-corrected chi connectivity index (χ0v) is 33.3. The van der Waals surface area contributed by atoms with Gasteiger partial charge in [-0.25, -0.2) is 0 Å². The predicted octanol–water partition coefficient (Wildman–Crippen LogP) is 11.7. The van der Waals surface area contributed by atoms with Gasteiger partial charge >= 0.3 is 0 Å². The molecule has 2 aromatic heterocycles. The summed E-state index contributed by atoms with van der Waals surface area (Å²) < 4.78 is 0. The molecule has 0 saturated heterocycles. The minimum absolute atomic E-state index is 0. The number of benzene rings is 2. The Labute approximate surface area is 328 Å². The molecule has 47 heavy (non-hydrogen) atoms. The van der Waals surface area contributed by atoms with Crippen LogP contribution in [0.15, 0.2) is 83.0 Å². The van der Waals surface area contributed by atoms with Gasteiger partial charge in [0.15, 0.2) is 0 Å². The van der Waals surface area contributed by atoms with Crippen molar-refractivity contribution < 1.29 is 34.1 Å².